The summed E-state index contributed by atoms with van der Waals surface area (Å²) in [5.74, 6) is 0.794. The minimum atomic E-state index is -0.515. The van der Waals surface area contributed by atoms with Crippen molar-refractivity contribution in [2.45, 2.75) is 26.3 Å². The minimum Gasteiger partial charge on any atom is -0.322 e. The van der Waals surface area contributed by atoms with Gasteiger partial charge < -0.3 is 11.1 Å². The molecule has 5 heteroatoms. The van der Waals surface area contributed by atoms with Gasteiger partial charge in [-0.05, 0) is 12.3 Å². The van der Waals surface area contributed by atoms with Crippen LogP contribution in [0, 0.1) is 5.92 Å². The van der Waals surface area contributed by atoms with E-state index in [0.29, 0.717) is 23.9 Å². The van der Waals surface area contributed by atoms with Gasteiger partial charge in [-0.1, -0.05) is 44.2 Å². The van der Waals surface area contributed by atoms with E-state index in [1.165, 1.54) is 0 Å². The third-order valence-corrected chi connectivity index (χ3v) is 3.01. The zero-order valence-corrected chi connectivity index (χ0v) is 12.3. The molecule has 1 amide bonds. The zero-order chi connectivity index (χ0) is 15.2. The SMILES string of the molecule is CC(C)C[C@H](N)C(=O)Nc1cnc(-c2ccccc2)nc1. The van der Waals surface area contributed by atoms with Crippen molar-refractivity contribution in [1.82, 2.24) is 9.97 Å². The molecule has 1 heterocycles. The molecule has 0 saturated carbocycles. The number of hydrogen-bond acceptors (Lipinski definition) is 4. The second-order valence-electron chi connectivity index (χ2n) is 5.39. The van der Waals surface area contributed by atoms with Crippen LogP contribution in [0.3, 0.4) is 0 Å². The zero-order valence-electron chi connectivity index (χ0n) is 12.3. The highest BCUT2D eigenvalue weighted by Gasteiger charge is 2.15. The van der Waals surface area contributed by atoms with Crippen molar-refractivity contribution < 1.29 is 4.79 Å². The smallest absolute Gasteiger partial charge is 0.241 e. The van der Waals surface area contributed by atoms with Crippen LogP contribution in [0.15, 0.2) is 42.7 Å². The Bertz CT molecular complexity index is 581. The number of benzene rings is 1. The lowest BCUT2D eigenvalue weighted by molar-refractivity contribution is -0.117. The van der Waals surface area contributed by atoms with Crippen molar-refractivity contribution >= 4 is 11.6 Å². The Labute approximate surface area is 124 Å². The van der Waals surface area contributed by atoms with Gasteiger partial charge in [-0.15, -0.1) is 0 Å². The van der Waals surface area contributed by atoms with Crippen molar-refractivity contribution in [3.63, 3.8) is 0 Å². The number of nitrogens with zero attached hydrogens (tertiary/aromatic N) is 2. The van der Waals surface area contributed by atoms with Crippen molar-refractivity contribution in [2.75, 3.05) is 5.32 Å². The molecule has 0 saturated heterocycles. The molecule has 0 aliphatic carbocycles. The molecule has 0 spiro atoms. The summed E-state index contributed by atoms with van der Waals surface area (Å²) in [7, 11) is 0. The van der Waals surface area contributed by atoms with Gasteiger partial charge in [-0.3, -0.25) is 4.79 Å². The van der Waals surface area contributed by atoms with Crippen molar-refractivity contribution in [1.29, 1.82) is 0 Å². The van der Waals surface area contributed by atoms with Gasteiger partial charge in [0, 0.05) is 5.56 Å². The van der Waals surface area contributed by atoms with Crippen LogP contribution < -0.4 is 11.1 Å². The molecule has 1 atom stereocenters. The molecule has 2 rings (SSSR count). The Balaban J connectivity index is 2.01. The first kappa shape index (κ1) is 15.1. The van der Waals surface area contributed by atoms with Gasteiger partial charge in [-0.2, -0.15) is 0 Å². The van der Waals surface area contributed by atoms with E-state index >= 15 is 0 Å². The summed E-state index contributed by atoms with van der Waals surface area (Å²) in [5, 5.41) is 2.74. The van der Waals surface area contributed by atoms with Crippen LogP contribution in [0.2, 0.25) is 0 Å². The van der Waals surface area contributed by atoms with Crippen molar-refractivity contribution in [3.8, 4) is 11.4 Å². The van der Waals surface area contributed by atoms with Gasteiger partial charge in [-0.25, -0.2) is 9.97 Å². The summed E-state index contributed by atoms with van der Waals surface area (Å²) in [6, 6.07) is 9.16. The van der Waals surface area contributed by atoms with Crippen molar-refractivity contribution in [3.05, 3.63) is 42.7 Å². The van der Waals surface area contributed by atoms with Gasteiger partial charge in [0.1, 0.15) is 0 Å². The minimum absolute atomic E-state index is 0.209. The highest BCUT2D eigenvalue weighted by Crippen LogP contribution is 2.15. The van der Waals surface area contributed by atoms with E-state index in [1.807, 2.05) is 44.2 Å². The number of hydrogen-bond donors (Lipinski definition) is 2. The van der Waals surface area contributed by atoms with Crippen LogP contribution >= 0.6 is 0 Å². The van der Waals surface area contributed by atoms with E-state index in [-0.39, 0.29) is 5.91 Å². The average molecular weight is 284 g/mol. The lowest BCUT2D eigenvalue weighted by atomic mass is 10.0. The van der Waals surface area contributed by atoms with Gasteiger partial charge >= 0.3 is 0 Å². The number of anilines is 1. The lowest BCUT2D eigenvalue weighted by Crippen LogP contribution is -2.36. The molecule has 0 fully saturated rings. The van der Waals surface area contributed by atoms with Gasteiger partial charge in [0.2, 0.25) is 5.91 Å². The standard InChI is InChI=1S/C16H20N4O/c1-11(2)8-14(17)16(21)20-13-9-18-15(19-10-13)12-6-4-3-5-7-12/h3-7,9-11,14H,8,17H2,1-2H3,(H,20,21)/t14-/m0/s1. The number of carbonyl (C=O) groups is 1. The van der Waals surface area contributed by atoms with E-state index in [2.05, 4.69) is 15.3 Å². The molecule has 3 N–H and O–H groups in total. The molecular formula is C16H20N4O. The first-order chi connectivity index (χ1) is 10.1. The fourth-order valence-corrected chi connectivity index (χ4v) is 1.98. The van der Waals surface area contributed by atoms with Gasteiger partial charge in [0.05, 0.1) is 24.1 Å². The maximum Gasteiger partial charge on any atom is 0.241 e. The van der Waals surface area contributed by atoms with Crippen LogP contribution in [0.5, 0.6) is 0 Å². The molecule has 0 aliphatic rings. The quantitative estimate of drug-likeness (QED) is 0.883. The molecule has 2 aromatic rings. The fraction of sp³-hybridized carbons (Fsp3) is 0.312. The summed E-state index contributed by atoms with van der Waals surface area (Å²) in [6.07, 6.45) is 3.83. The Morgan fingerprint density at radius 3 is 2.38 bits per heavy atom. The molecule has 0 unspecified atom stereocenters. The number of aromatic nitrogens is 2. The first-order valence-corrected chi connectivity index (χ1v) is 7.00. The average Bonchev–Trinajstić information content (AvgIpc) is 2.48. The van der Waals surface area contributed by atoms with Gasteiger partial charge in [0.15, 0.2) is 5.82 Å². The first-order valence-electron chi connectivity index (χ1n) is 7.00. The Kier molecular flexibility index (Phi) is 5.00. The Morgan fingerprint density at radius 2 is 1.81 bits per heavy atom. The molecule has 0 radical (unpaired) electrons. The molecule has 5 nitrogen and oxygen atoms in total. The van der Waals surface area contributed by atoms with Crippen LogP contribution in [-0.2, 0) is 4.79 Å². The molecule has 0 bridgehead atoms. The van der Waals surface area contributed by atoms with Gasteiger partial charge in [0.25, 0.3) is 0 Å². The second kappa shape index (κ2) is 6.95. The number of nitrogens with two attached hydrogens (primary N) is 1. The summed E-state index contributed by atoms with van der Waals surface area (Å²) in [6.45, 7) is 4.07. The maximum absolute atomic E-state index is 11.9. The van der Waals surface area contributed by atoms with Crippen LogP contribution in [0.25, 0.3) is 11.4 Å². The van der Waals surface area contributed by atoms with Crippen LogP contribution in [0.4, 0.5) is 5.69 Å². The normalized spacial score (nSPS) is 12.2. The van der Waals surface area contributed by atoms with Crippen LogP contribution in [-0.4, -0.2) is 21.9 Å². The molecule has 1 aromatic carbocycles. The van der Waals surface area contributed by atoms with E-state index < -0.39 is 6.04 Å². The molecule has 0 aliphatic heterocycles. The second-order valence-corrected chi connectivity index (χ2v) is 5.39. The maximum atomic E-state index is 11.9. The monoisotopic (exact) mass is 284 g/mol. The topological polar surface area (TPSA) is 80.9 Å². The van der Waals surface area contributed by atoms with E-state index in [9.17, 15) is 4.79 Å². The highest BCUT2D eigenvalue weighted by atomic mass is 16.2. The lowest BCUT2D eigenvalue weighted by Gasteiger charge is -2.13. The number of nitrogens with one attached hydrogen (secondary N) is 1. The number of amides is 1. The molecule has 21 heavy (non-hydrogen) atoms. The predicted octanol–water partition coefficient (Wildman–Crippen LogP) is 2.46. The third kappa shape index (κ3) is 4.36. The highest BCUT2D eigenvalue weighted by molar-refractivity contribution is 5.94. The molecular weight excluding hydrogens is 264 g/mol. The molecule has 1 aromatic heterocycles. The Hall–Kier alpha value is -2.27. The number of carbonyl (C=O) groups excluding carboxylic acids is 1. The summed E-state index contributed by atoms with van der Waals surface area (Å²) >= 11 is 0. The Morgan fingerprint density at radius 1 is 1.19 bits per heavy atom. The number of rotatable bonds is 5. The van der Waals surface area contributed by atoms with E-state index in [4.69, 9.17) is 5.73 Å². The third-order valence-electron chi connectivity index (χ3n) is 3.01. The van der Waals surface area contributed by atoms with Crippen LogP contribution in [0.1, 0.15) is 20.3 Å². The summed E-state index contributed by atoms with van der Waals surface area (Å²) < 4.78 is 0. The van der Waals surface area contributed by atoms with E-state index in [1.54, 1.807) is 12.4 Å². The fourth-order valence-electron chi connectivity index (χ4n) is 1.98. The summed E-state index contributed by atoms with van der Waals surface area (Å²) in [5.41, 5.74) is 7.33. The predicted molar refractivity (Wildman–Crippen MR) is 83.5 cm³/mol. The van der Waals surface area contributed by atoms with Crippen molar-refractivity contribution in [2.24, 2.45) is 11.7 Å². The summed E-state index contributed by atoms with van der Waals surface area (Å²) in [4.78, 5) is 20.4. The largest absolute Gasteiger partial charge is 0.322 e. The molecule has 110 valence electrons. The van der Waals surface area contributed by atoms with E-state index in [0.717, 1.165) is 5.56 Å².